The van der Waals surface area contributed by atoms with E-state index in [4.69, 9.17) is 16.3 Å². The van der Waals surface area contributed by atoms with E-state index in [1.165, 1.54) is 5.56 Å². The Hall–Kier alpha value is -1.19. The number of halogens is 2. The van der Waals surface area contributed by atoms with Crippen LogP contribution in [0.3, 0.4) is 0 Å². The van der Waals surface area contributed by atoms with E-state index in [-0.39, 0.29) is 0 Å². The van der Waals surface area contributed by atoms with Crippen molar-refractivity contribution >= 4 is 33.2 Å². The van der Waals surface area contributed by atoms with Crippen molar-refractivity contribution in [2.24, 2.45) is 0 Å². The summed E-state index contributed by atoms with van der Waals surface area (Å²) in [5, 5.41) is 4.20. The van der Waals surface area contributed by atoms with E-state index in [2.05, 4.69) is 40.3 Å². The molecule has 1 unspecified atom stereocenters. The second-order valence-corrected chi connectivity index (χ2v) is 6.32. The van der Waals surface area contributed by atoms with Gasteiger partial charge in [0.25, 0.3) is 0 Å². The van der Waals surface area contributed by atoms with E-state index in [9.17, 15) is 0 Å². The van der Waals surface area contributed by atoms with Crippen molar-refractivity contribution in [1.82, 2.24) is 0 Å². The zero-order chi connectivity index (χ0) is 15.2. The SMILES string of the molecule is COc1ccc(CCC(C)Nc2ccc(Br)c(Cl)c2)cc1. The third-order valence-electron chi connectivity index (χ3n) is 3.36. The first-order valence-corrected chi connectivity index (χ1v) is 8.10. The predicted octanol–water partition coefficient (Wildman–Crippen LogP) is 5.54. The number of hydrogen-bond acceptors (Lipinski definition) is 2. The zero-order valence-corrected chi connectivity index (χ0v) is 14.5. The molecule has 1 N–H and O–H groups in total. The number of ether oxygens (including phenoxy) is 1. The van der Waals surface area contributed by atoms with Crippen LogP contribution in [0.25, 0.3) is 0 Å². The molecular formula is C17H19BrClNO. The number of anilines is 1. The van der Waals surface area contributed by atoms with Gasteiger partial charge in [0.05, 0.1) is 12.1 Å². The Morgan fingerprint density at radius 1 is 1.19 bits per heavy atom. The van der Waals surface area contributed by atoms with Crippen LogP contribution in [0.4, 0.5) is 5.69 Å². The average molecular weight is 369 g/mol. The first kappa shape index (κ1) is 16.2. The summed E-state index contributed by atoms with van der Waals surface area (Å²) < 4.78 is 6.08. The molecule has 0 amide bonds. The molecule has 112 valence electrons. The Kier molecular flexibility index (Phi) is 5.95. The monoisotopic (exact) mass is 367 g/mol. The maximum atomic E-state index is 6.10. The molecule has 0 aliphatic heterocycles. The van der Waals surface area contributed by atoms with Crippen LogP contribution in [0.1, 0.15) is 18.9 Å². The fourth-order valence-electron chi connectivity index (χ4n) is 2.12. The molecule has 2 aromatic carbocycles. The highest BCUT2D eigenvalue weighted by Crippen LogP contribution is 2.26. The standard InChI is InChI=1S/C17H19BrClNO/c1-12(20-14-7-10-16(18)17(19)11-14)3-4-13-5-8-15(21-2)9-6-13/h5-12,20H,3-4H2,1-2H3. The molecule has 0 fully saturated rings. The van der Waals surface area contributed by atoms with Crippen molar-refractivity contribution in [3.63, 3.8) is 0 Å². The number of methoxy groups -OCH3 is 1. The highest BCUT2D eigenvalue weighted by Gasteiger charge is 2.05. The molecule has 0 aliphatic rings. The molecule has 2 rings (SSSR count). The summed E-state index contributed by atoms with van der Waals surface area (Å²) in [4.78, 5) is 0. The summed E-state index contributed by atoms with van der Waals surface area (Å²) >= 11 is 9.50. The molecule has 0 heterocycles. The average Bonchev–Trinajstić information content (AvgIpc) is 2.49. The van der Waals surface area contributed by atoms with Crippen LogP contribution in [0.5, 0.6) is 5.75 Å². The fourth-order valence-corrected chi connectivity index (χ4v) is 2.55. The number of nitrogens with one attached hydrogen (secondary N) is 1. The van der Waals surface area contributed by atoms with Crippen LogP contribution >= 0.6 is 27.5 Å². The van der Waals surface area contributed by atoms with Gasteiger partial charge in [-0.1, -0.05) is 23.7 Å². The van der Waals surface area contributed by atoms with Crippen molar-refractivity contribution in [1.29, 1.82) is 0 Å². The first-order chi connectivity index (χ1) is 10.1. The Bertz CT molecular complexity index is 586. The number of benzene rings is 2. The van der Waals surface area contributed by atoms with Crippen LogP contribution in [-0.2, 0) is 6.42 Å². The summed E-state index contributed by atoms with van der Waals surface area (Å²) in [6.45, 7) is 2.18. The molecule has 0 aliphatic carbocycles. The molecule has 21 heavy (non-hydrogen) atoms. The minimum absolute atomic E-state index is 0.379. The molecular weight excluding hydrogens is 350 g/mol. The Labute approximate surface area is 139 Å². The van der Waals surface area contributed by atoms with Crippen molar-refractivity contribution < 1.29 is 4.74 Å². The molecule has 2 nitrogen and oxygen atoms in total. The Morgan fingerprint density at radius 3 is 2.52 bits per heavy atom. The minimum atomic E-state index is 0.379. The van der Waals surface area contributed by atoms with Gasteiger partial charge in [0, 0.05) is 16.2 Å². The van der Waals surface area contributed by atoms with E-state index in [0.29, 0.717) is 6.04 Å². The van der Waals surface area contributed by atoms with Gasteiger partial charge in [0.15, 0.2) is 0 Å². The molecule has 0 saturated heterocycles. The molecule has 0 bridgehead atoms. The lowest BCUT2D eigenvalue weighted by molar-refractivity contribution is 0.414. The van der Waals surface area contributed by atoms with Crippen LogP contribution in [-0.4, -0.2) is 13.2 Å². The normalized spacial score (nSPS) is 12.0. The molecule has 1 atom stereocenters. The summed E-state index contributed by atoms with van der Waals surface area (Å²) in [7, 11) is 1.68. The van der Waals surface area contributed by atoms with E-state index in [1.54, 1.807) is 7.11 Å². The number of rotatable bonds is 6. The summed E-state index contributed by atoms with van der Waals surface area (Å²) in [5.41, 5.74) is 2.36. The van der Waals surface area contributed by atoms with Crippen molar-refractivity contribution in [2.75, 3.05) is 12.4 Å². The first-order valence-electron chi connectivity index (χ1n) is 6.93. The lowest BCUT2D eigenvalue weighted by atomic mass is 10.1. The smallest absolute Gasteiger partial charge is 0.118 e. The van der Waals surface area contributed by atoms with Gasteiger partial charge in [-0.25, -0.2) is 0 Å². The second kappa shape index (κ2) is 7.71. The van der Waals surface area contributed by atoms with Gasteiger partial charge in [-0.05, 0) is 71.6 Å². The summed E-state index contributed by atoms with van der Waals surface area (Å²) in [5.74, 6) is 0.898. The molecule has 0 saturated carbocycles. The topological polar surface area (TPSA) is 21.3 Å². The van der Waals surface area contributed by atoms with Crippen molar-refractivity contribution in [3.8, 4) is 5.75 Å². The van der Waals surface area contributed by atoms with Gasteiger partial charge in [-0.2, -0.15) is 0 Å². The summed E-state index contributed by atoms with van der Waals surface area (Å²) in [6.07, 6.45) is 2.09. The van der Waals surface area contributed by atoms with E-state index in [0.717, 1.165) is 33.8 Å². The van der Waals surface area contributed by atoms with E-state index >= 15 is 0 Å². The quantitative estimate of drug-likeness (QED) is 0.722. The van der Waals surface area contributed by atoms with Gasteiger partial charge < -0.3 is 10.1 Å². The van der Waals surface area contributed by atoms with E-state index < -0.39 is 0 Å². The third kappa shape index (κ3) is 4.94. The van der Waals surface area contributed by atoms with Gasteiger partial charge in [0.2, 0.25) is 0 Å². The van der Waals surface area contributed by atoms with Gasteiger partial charge >= 0.3 is 0 Å². The molecule has 0 radical (unpaired) electrons. The molecule has 4 heteroatoms. The lowest BCUT2D eigenvalue weighted by Crippen LogP contribution is -2.15. The highest BCUT2D eigenvalue weighted by molar-refractivity contribution is 9.10. The lowest BCUT2D eigenvalue weighted by Gasteiger charge is -2.16. The van der Waals surface area contributed by atoms with Crippen LogP contribution in [0.15, 0.2) is 46.9 Å². The summed E-state index contributed by atoms with van der Waals surface area (Å²) in [6, 6.07) is 14.5. The highest BCUT2D eigenvalue weighted by atomic mass is 79.9. The Morgan fingerprint density at radius 2 is 1.90 bits per heavy atom. The maximum absolute atomic E-state index is 6.10. The maximum Gasteiger partial charge on any atom is 0.118 e. The zero-order valence-electron chi connectivity index (χ0n) is 12.2. The molecule has 0 aromatic heterocycles. The van der Waals surface area contributed by atoms with Gasteiger partial charge in [0.1, 0.15) is 5.75 Å². The van der Waals surface area contributed by atoms with E-state index in [1.807, 2.05) is 30.3 Å². The largest absolute Gasteiger partial charge is 0.497 e. The molecule has 2 aromatic rings. The third-order valence-corrected chi connectivity index (χ3v) is 4.59. The Balaban J connectivity index is 1.86. The minimum Gasteiger partial charge on any atom is -0.497 e. The van der Waals surface area contributed by atoms with Crippen LogP contribution < -0.4 is 10.1 Å². The van der Waals surface area contributed by atoms with Crippen LogP contribution in [0, 0.1) is 0 Å². The van der Waals surface area contributed by atoms with Gasteiger partial charge in [-0.3, -0.25) is 0 Å². The predicted molar refractivity (Wildman–Crippen MR) is 93.6 cm³/mol. The van der Waals surface area contributed by atoms with Gasteiger partial charge in [-0.15, -0.1) is 0 Å². The van der Waals surface area contributed by atoms with Crippen molar-refractivity contribution in [2.45, 2.75) is 25.8 Å². The number of hydrogen-bond donors (Lipinski definition) is 1. The molecule has 0 spiro atoms. The van der Waals surface area contributed by atoms with Crippen molar-refractivity contribution in [3.05, 3.63) is 57.5 Å². The van der Waals surface area contributed by atoms with Crippen LogP contribution in [0.2, 0.25) is 5.02 Å². The second-order valence-electron chi connectivity index (χ2n) is 5.06. The number of aryl methyl sites for hydroxylation is 1. The fraction of sp³-hybridized carbons (Fsp3) is 0.294.